The number of aliphatic imine (C=N–C) groups is 1. The largest absolute Gasteiger partial charge is 0.379 e. The molecule has 0 aliphatic carbocycles. The minimum atomic E-state index is 0.399. The van der Waals surface area contributed by atoms with E-state index in [1.807, 2.05) is 18.5 Å². The smallest absolute Gasteiger partial charge is 0.0927 e. The molecule has 6 rings (SSSR count). The predicted molar refractivity (Wildman–Crippen MR) is 153 cm³/mol. The van der Waals surface area contributed by atoms with Gasteiger partial charge in [-0.1, -0.05) is 66.7 Å². The molecule has 1 aromatic heterocycles. The molecule has 1 saturated heterocycles. The first kappa shape index (κ1) is 23.3. The summed E-state index contributed by atoms with van der Waals surface area (Å²) in [7, 11) is 0. The number of aromatic amines is 1. The minimum absolute atomic E-state index is 0.399. The van der Waals surface area contributed by atoms with Crippen LogP contribution in [0.15, 0.2) is 89.6 Å². The molecule has 184 valence electrons. The van der Waals surface area contributed by atoms with Gasteiger partial charge in [-0.25, -0.2) is 0 Å². The molecule has 0 saturated carbocycles. The van der Waals surface area contributed by atoms with Crippen molar-refractivity contribution in [2.75, 3.05) is 26.3 Å². The van der Waals surface area contributed by atoms with Crippen LogP contribution in [0.3, 0.4) is 0 Å². The van der Waals surface area contributed by atoms with E-state index in [-0.39, 0.29) is 0 Å². The molecule has 3 heterocycles. The molecule has 2 aliphatic heterocycles. The molecule has 0 spiro atoms. The zero-order valence-corrected chi connectivity index (χ0v) is 21.0. The molecule has 1 unspecified atom stereocenters. The molecule has 4 aromatic rings. The Kier molecular flexibility index (Phi) is 6.63. The highest BCUT2D eigenvalue weighted by Gasteiger charge is 2.18. The van der Waals surface area contributed by atoms with Crippen molar-refractivity contribution in [2.45, 2.75) is 13.0 Å². The van der Waals surface area contributed by atoms with Crippen LogP contribution in [0.5, 0.6) is 0 Å². The lowest BCUT2D eigenvalue weighted by atomic mass is 9.98. The van der Waals surface area contributed by atoms with Gasteiger partial charge in [-0.2, -0.15) is 5.10 Å². The Morgan fingerprint density at radius 1 is 0.919 bits per heavy atom. The lowest BCUT2D eigenvalue weighted by molar-refractivity contribution is 0.0198. The van der Waals surface area contributed by atoms with Crippen molar-refractivity contribution in [2.24, 2.45) is 4.99 Å². The Hall–Kier alpha value is -4.06. The number of allylic oxidation sites excluding steroid dienone is 2. The zero-order valence-electron chi connectivity index (χ0n) is 21.0. The molecule has 1 fully saturated rings. The van der Waals surface area contributed by atoms with Crippen LogP contribution < -0.4 is 0 Å². The van der Waals surface area contributed by atoms with Crippen LogP contribution in [0, 0.1) is 0 Å². The number of hydrogen-bond acceptors (Lipinski definition) is 4. The van der Waals surface area contributed by atoms with E-state index >= 15 is 0 Å². The lowest BCUT2D eigenvalue weighted by Crippen LogP contribution is -2.37. The maximum atomic E-state index is 5.49. The first-order valence-electron chi connectivity index (χ1n) is 12.8. The molecular weight excluding hydrogens is 456 g/mol. The Labute approximate surface area is 217 Å². The van der Waals surface area contributed by atoms with E-state index < -0.39 is 0 Å². The third-order valence-corrected chi connectivity index (χ3v) is 7.20. The Morgan fingerprint density at radius 3 is 2.51 bits per heavy atom. The summed E-state index contributed by atoms with van der Waals surface area (Å²) in [6.45, 7) is 5.90. The maximum Gasteiger partial charge on any atom is 0.0927 e. The first-order chi connectivity index (χ1) is 18.2. The fourth-order valence-corrected chi connectivity index (χ4v) is 5.00. The minimum Gasteiger partial charge on any atom is -0.379 e. The van der Waals surface area contributed by atoms with Crippen LogP contribution in [0.1, 0.15) is 40.9 Å². The fourth-order valence-electron chi connectivity index (χ4n) is 5.00. The molecule has 37 heavy (non-hydrogen) atoms. The summed E-state index contributed by atoms with van der Waals surface area (Å²) in [4.78, 5) is 6.86. The van der Waals surface area contributed by atoms with Gasteiger partial charge in [-0.3, -0.25) is 15.0 Å². The fraction of sp³-hybridized carbons (Fsp3) is 0.188. The van der Waals surface area contributed by atoms with Gasteiger partial charge < -0.3 is 4.74 Å². The Balaban J connectivity index is 1.17. The molecule has 5 nitrogen and oxygen atoms in total. The van der Waals surface area contributed by atoms with Crippen LogP contribution in [0.25, 0.3) is 34.7 Å². The van der Waals surface area contributed by atoms with Crippen molar-refractivity contribution in [3.05, 3.63) is 113 Å². The van der Waals surface area contributed by atoms with Gasteiger partial charge in [0.05, 0.1) is 24.4 Å². The summed E-state index contributed by atoms with van der Waals surface area (Å²) in [6.07, 6.45) is 10.2. The standard InChI is InChI=1S/C32H30N4O/c1-23(36-15-17-37-18-16-36)26-11-7-24(8-12-26)10-14-31-29-13-9-25(20-32(29)35-34-31)19-28-21-33-22-30(28)27-5-3-2-4-6-27/h2-14,19-23H,15-18H2,1H3,(H,34,35)/b14-10+,28-19-. The van der Waals surface area contributed by atoms with Crippen LogP contribution >= 0.6 is 0 Å². The van der Waals surface area contributed by atoms with E-state index in [0.29, 0.717) is 6.04 Å². The maximum absolute atomic E-state index is 5.49. The van der Waals surface area contributed by atoms with Crippen molar-refractivity contribution >= 4 is 40.9 Å². The van der Waals surface area contributed by atoms with E-state index in [1.165, 1.54) is 11.1 Å². The van der Waals surface area contributed by atoms with Gasteiger partial charge in [0.2, 0.25) is 0 Å². The van der Waals surface area contributed by atoms with Crippen LogP contribution in [0.4, 0.5) is 0 Å². The number of H-pyrrole nitrogens is 1. The molecule has 0 radical (unpaired) electrons. The van der Waals surface area contributed by atoms with Crippen LogP contribution in [-0.4, -0.2) is 47.6 Å². The summed E-state index contributed by atoms with van der Waals surface area (Å²) < 4.78 is 5.49. The average Bonchev–Trinajstić information content (AvgIpc) is 3.59. The summed E-state index contributed by atoms with van der Waals surface area (Å²) in [5.41, 5.74) is 8.98. The van der Waals surface area contributed by atoms with Gasteiger partial charge in [0.25, 0.3) is 0 Å². The number of ether oxygens (including phenoxy) is 1. The van der Waals surface area contributed by atoms with Gasteiger partial charge in [-0.05, 0) is 53.5 Å². The third kappa shape index (κ3) is 5.10. The molecule has 2 aliphatic rings. The number of nitrogens with one attached hydrogen (secondary N) is 1. The van der Waals surface area contributed by atoms with Gasteiger partial charge in [-0.15, -0.1) is 0 Å². The van der Waals surface area contributed by atoms with Gasteiger partial charge >= 0.3 is 0 Å². The highest BCUT2D eigenvalue weighted by molar-refractivity contribution is 6.09. The summed E-state index contributed by atoms with van der Waals surface area (Å²) in [6, 6.07) is 26.0. The highest BCUT2D eigenvalue weighted by atomic mass is 16.5. The van der Waals surface area contributed by atoms with Crippen LogP contribution in [0.2, 0.25) is 0 Å². The number of nitrogens with zero attached hydrogens (tertiary/aromatic N) is 3. The number of hydrogen-bond donors (Lipinski definition) is 1. The lowest BCUT2D eigenvalue weighted by Gasteiger charge is -2.32. The average molecular weight is 487 g/mol. The summed E-state index contributed by atoms with van der Waals surface area (Å²) in [5.74, 6) is 0. The molecule has 0 amide bonds. The number of benzene rings is 3. The van der Waals surface area contributed by atoms with Gasteiger partial charge in [0, 0.05) is 48.1 Å². The van der Waals surface area contributed by atoms with Gasteiger partial charge in [0.15, 0.2) is 0 Å². The van der Waals surface area contributed by atoms with Crippen LogP contribution in [-0.2, 0) is 4.74 Å². The topological polar surface area (TPSA) is 53.5 Å². The van der Waals surface area contributed by atoms with Crippen molar-refractivity contribution in [1.82, 2.24) is 15.1 Å². The highest BCUT2D eigenvalue weighted by Crippen LogP contribution is 2.29. The molecule has 3 aromatic carbocycles. The van der Waals surface area contributed by atoms with Crippen molar-refractivity contribution in [1.29, 1.82) is 0 Å². The number of fused-ring (bicyclic) bond motifs is 1. The summed E-state index contributed by atoms with van der Waals surface area (Å²) >= 11 is 0. The first-order valence-corrected chi connectivity index (χ1v) is 12.8. The second kappa shape index (κ2) is 10.5. The summed E-state index contributed by atoms with van der Waals surface area (Å²) in [5, 5.41) is 8.87. The predicted octanol–water partition coefficient (Wildman–Crippen LogP) is 6.64. The van der Waals surface area contributed by atoms with E-state index in [9.17, 15) is 0 Å². The second-order valence-corrected chi connectivity index (χ2v) is 9.52. The third-order valence-electron chi connectivity index (χ3n) is 7.20. The SMILES string of the molecule is CC(c1ccc(/C=C/c2n[nH]c3cc(/C=C4/C=NC=C4c4ccccc4)ccc23)cc1)N1CCOCC1. The molecule has 1 atom stereocenters. The molecular formula is C32H30N4O. The molecule has 5 heteroatoms. The van der Waals surface area contributed by atoms with E-state index in [4.69, 9.17) is 4.74 Å². The second-order valence-electron chi connectivity index (χ2n) is 9.52. The van der Waals surface area contributed by atoms with Gasteiger partial charge in [0.1, 0.15) is 0 Å². The van der Waals surface area contributed by atoms with E-state index in [1.54, 1.807) is 0 Å². The Bertz CT molecular complexity index is 1500. The number of morpholine rings is 1. The zero-order chi connectivity index (χ0) is 25.0. The van der Waals surface area contributed by atoms with Crippen molar-refractivity contribution in [3.63, 3.8) is 0 Å². The van der Waals surface area contributed by atoms with E-state index in [2.05, 4.69) is 112 Å². The van der Waals surface area contributed by atoms with Crippen molar-refractivity contribution < 1.29 is 4.74 Å². The van der Waals surface area contributed by atoms with E-state index in [0.717, 1.165) is 65.2 Å². The number of aromatic nitrogens is 2. The monoisotopic (exact) mass is 486 g/mol. The molecule has 0 bridgehead atoms. The quantitative estimate of drug-likeness (QED) is 0.333. The van der Waals surface area contributed by atoms with Crippen molar-refractivity contribution in [3.8, 4) is 0 Å². The normalized spacial score (nSPS) is 18.2. The number of rotatable bonds is 6. The Morgan fingerprint density at radius 2 is 1.70 bits per heavy atom. The molecule has 1 N–H and O–H groups in total.